The Kier molecular flexibility index (Phi) is 61.8. The van der Waals surface area contributed by atoms with E-state index in [1.54, 1.807) is 0 Å². The van der Waals surface area contributed by atoms with Gasteiger partial charge in [-0.15, -0.1) is 0 Å². The lowest BCUT2D eigenvalue weighted by Crippen LogP contribution is -2.66. The number of aliphatic hydroxyl groups is 11. The molecule has 0 aromatic carbocycles. The third-order valence-electron chi connectivity index (χ3n) is 21.6. The van der Waals surface area contributed by atoms with E-state index >= 15 is 0 Å². The molecule has 3 rings (SSSR count). The third-order valence-corrected chi connectivity index (χ3v) is 21.6. The number of hydrogen-bond acceptors (Lipinski definition) is 18. The Bertz CT molecular complexity index is 2150. The molecular weight excluding hydrogens is 1350 g/mol. The number of amides is 1. The molecule has 0 saturated carbocycles. The first-order valence-electron chi connectivity index (χ1n) is 43.5. The lowest BCUT2D eigenvalue weighted by molar-refractivity contribution is -0.379. The maximum absolute atomic E-state index is 13.5. The Morgan fingerprint density at radius 3 is 1.02 bits per heavy atom. The summed E-state index contributed by atoms with van der Waals surface area (Å²) in [5.74, 6) is -0.236. The van der Waals surface area contributed by atoms with Crippen molar-refractivity contribution in [2.45, 2.75) is 458 Å². The summed E-state index contributed by atoms with van der Waals surface area (Å²) < 4.78 is 34.6. The first-order valence-corrected chi connectivity index (χ1v) is 43.5. The van der Waals surface area contributed by atoms with E-state index in [2.05, 4.69) is 79.9 Å². The average Bonchev–Trinajstić information content (AvgIpc) is 0.780. The molecule has 0 bridgehead atoms. The van der Waals surface area contributed by atoms with E-state index in [9.17, 15) is 61.0 Å². The Hall–Kier alpha value is -2.51. The molecule has 3 heterocycles. The second-order valence-corrected chi connectivity index (χ2v) is 31.0. The molecule has 1 amide bonds. The number of carbonyl (C=O) groups excluding carboxylic acids is 1. The molecule has 106 heavy (non-hydrogen) atoms. The van der Waals surface area contributed by atoms with Gasteiger partial charge in [-0.2, -0.15) is 0 Å². The maximum Gasteiger partial charge on any atom is 0.220 e. The molecule has 19 heteroatoms. The van der Waals surface area contributed by atoms with E-state index in [-0.39, 0.29) is 18.9 Å². The zero-order valence-electron chi connectivity index (χ0n) is 66.7. The van der Waals surface area contributed by atoms with E-state index in [1.165, 1.54) is 244 Å². The first-order chi connectivity index (χ1) is 51.8. The number of unbranched alkanes of at least 4 members (excludes halogenated alkanes) is 44. The van der Waals surface area contributed by atoms with Crippen LogP contribution in [0.4, 0.5) is 0 Å². The second kappa shape index (κ2) is 67.0. The predicted molar refractivity (Wildman–Crippen MR) is 425 cm³/mol. The summed E-state index contributed by atoms with van der Waals surface area (Å²) in [6, 6.07) is -0.888. The lowest BCUT2D eigenvalue weighted by Gasteiger charge is -2.48. The standard InChI is InChI=1S/C87H159NO18/c1-3-5-7-9-11-13-15-17-19-21-23-25-27-28-29-30-31-32-33-34-35-36-37-38-39-40-41-42-43-45-47-49-51-53-55-57-59-61-63-65-75(93)88-70(71(92)64-62-60-58-56-54-52-50-48-46-44-26-24-22-20-18-16-14-12-10-8-6-4-2)69-101-85-81(99)78(96)83(73(67-90)103-85)106-87-82(100)79(97)84(74(68-91)104-87)105-86-80(98)77(95)76(94)72(66-89)102-86/h5,7,11,13,17,19,23,25,28-29,70-74,76-87,89-92,94-100H,3-4,6,8-10,12,14-16,18,20-22,24,26-27,30-69H2,1-2H3,(H,88,93)/b7-5-,13-11-,19-17-,25-23-,29-28-. The number of nitrogens with one attached hydrogen (secondary N) is 1. The van der Waals surface area contributed by atoms with Gasteiger partial charge in [0.05, 0.1) is 38.6 Å². The van der Waals surface area contributed by atoms with Gasteiger partial charge in [-0.1, -0.05) is 351 Å². The van der Waals surface area contributed by atoms with Crippen molar-refractivity contribution in [3.05, 3.63) is 60.8 Å². The molecule has 12 N–H and O–H groups in total. The molecule has 17 unspecified atom stereocenters. The van der Waals surface area contributed by atoms with Gasteiger partial charge in [-0.05, 0) is 57.8 Å². The topological polar surface area (TPSA) is 307 Å². The van der Waals surface area contributed by atoms with Gasteiger partial charge in [0.1, 0.15) is 73.2 Å². The molecule has 0 spiro atoms. The van der Waals surface area contributed by atoms with Crippen LogP contribution in [0.1, 0.15) is 354 Å². The zero-order chi connectivity index (χ0) is 76.7. The fourth-order valence-corrected chi connectivity index (χ4v) is 14.7. The lowest BCUT2D eigenvalue weighted by atomic mass is 9.96. The highest BCUT2D eigenvalue weighted by molar-refractivity contribution is 5.76. The fourth-order valence-electron chi connectivity index (χ4n) is 14.7. The second-order valence-electron chi connectivity index (χ2n) is 31.0. The van der Waals surface area contributed by atoms with Crippen molar-refractivity contribution in [1.29, 1.82) is 0 Å². The van der Waals surface area contributed by atoms with Crippen molar-refractivity contribution < 1.29 is 89.4 Å². The van der Waals surface area contributed by atoms with Crippen LogP contribution in [0.2, 0.25) is 0 Å². The Balaban J connectivity index is 1.30. The molecule has 0 aromatic rings. The summed E-state index contributed by atoms with van der Waals surface area (Å²) in [4.78, 5) is 13.5. The van der Waals surface area contributed by atoms with E-state index in [1.807, 2.05) is 0 Å². The number of aliphatic hydroxyl groups excluding tert-OH is 11. The van der Waals surface area contributed by atoms with Crippen molar-refractivity contribution >= 4 is 5.91 Å². The highest BCUT2D eigenvalue weighted by Gasteiger charge is 2.54. The predicted octanol–water partition coefficient (Wildman–Crippen LogP) is 15.8. The van der Waals surface area contributed by atoms with E-state index in [4.69, 9.17) is 28.4 Å². The number of carbonyl (C=O) groups is 1. The summed E-state index contributed by atoms with van der Waals surface area (Å²) in [5, 5.41) is 121. The van der Waals surface area contributed by atoms with Crippen molar-refractivity contribution in [2.24, 2.45) is 0 Å². The summed E-state index contributed by atoms with van der Waals surface area (Å²) in [7, 11) is 0. The van der Waals surface area contributed by atoms with Crippen LogP contribution in [0, 0.1) is 0 Å². The van der Waals surface area contributed by atoms with Crippen LogP contribution in [0.3, 0.4) is 0 Å². The molecule has 0 radical (unpaired) electrons. The maximum atomic E-state index is 13.5. The largest absolute Gasteiger partial charge is 0.394 e. The van der Waals surface area contributed by atoms with Crippen LogP contribution in [-0.4, -0.2) is 193 Å². The minimum absolute atomic E-state index is 0.236. The summed E-state index contributed by atoms with van der Waals surface area (Å²) in [6.07, 6.45) is 60.4. The van der Waals surface area contributed by atoms with Crippen LogP contribution in [0.15, 0.2) is 60.8 Å². The fraction of sp³-hybridized carbons (Fsp3) is 0.874. The summed E-state index contributed by atoms with van der Waals surface area (Å²) in [6.45, 7) is 1.74. The van der Waals surface area contributed by atoms with Crippen molar-refractivity contribution in [3.63, 3.8) is 0 Å². The Morgan fingerprint density at radius 1 is 0.349 bits per heavy atom. The van der Waals surface area contributed by atoms with E-state index in [0.717, 1.165) is 77.0 Å². The van der Waals surface area contributed by atoms with Crippen molar-refractivity contribution in [1.82, 2.24) is 5.32 Å². The molecule has 17 atom stereocenters. The molecule has 3 aliphatic rings. The highest BCUT2D eigenvalue weighted by atomic mass is 16.8. The zero-order valence-corrected chi connectivity index (χ0v) is 66.7. The summed E-state index contributed by atoms with van der Waals surface area (Å²) >= 11 is 0. The van der Waals surface area contributed by atoms with Crippen LogP contribution in [0.5, 0.6) is 0 Å². The van der Waals surface area contributed by atoms with Gasteiger partial charge in [0, 0.05) is 6.42 Å². The van der Waals surface area contributed by atoms with Gasteiger partial charge in [0.25, 0.3) is 0 Å². The molecule has 3 aliphatic heterocycles. The van der Waals surface area contributed by atoms with Crippen LogP contribution in [-0.2, 0) is 33.2 Å². The quantitative estimate of drug-likeness (QED) is 0.0199. The SMILES string of the molecule is CC/C=C\C/C=C\C/C=C\C/C=C\C/C=C\CCCCCCCCCCCCCCCCCCCCCCCCCC(=O)NC(COC1OC(CO)C(OC2OC(CO)C(OC3OC(CO)C(O)C(O)C3O)C(O)C2O)C(O)C1O)C(O)CCCCCCCCCCCCCCCCCCCCCCCC. The average molecular weight is 1510 g/mol. The van der Waals surface area contributed by atoms with Crippen molar-refractivity contribution in [2.75, 3.05) is 26.4 Å². The Morgan fingerprint density at radius 2 is 0.651 bits per heavy atom. The van der Waals surface area contributed by atoms with E-state index < -0.39 is 124 Å². The van der Waals surface area contributed by atoms with E-state index in [0.29, 0.717) is 12.8 Å². The van der Waals surface area contributed by atoms with Gasteiger partial charge in [-0.3, -0.25) is 4.79 Å². The Labute approximate surface area is 643 Å². The highest BCUT2D eigenvalue weighted by Crippen LogP contribution is 2.34. The molecule has 19 nitrogen and oxygen atoms in total. The molecule has 3 fully saturated rings. The number of hydrogen-bond donors (Lipinski definition) is 12. The summed E-state index contributed by atoms with van der Waals surface area (Å²) in [5.41, 5.74) is 0. The van der Waals surface area contributed by atoms with Crippen LogP contribution >= 0.6 is 0 Å². The van der Waals surface area contributed by atoms with Crippen LogP contribution < -0.4 is 5.32 Å². The number of allylic oxidation sites excluding steroid dienone is 10. The van der Waals surface area contributed by atoms with Gasteiger partial charge >= 0.3 is 0 Å². The molecule has 0 aliphatic carbocycles. The normalized spacial score (nSPS) is 25.9. The minimum Gasteiger partial charge on any atom is -0.394 e. The monoisotopic (exact) mass is 1510 g/mol. The van der Waals surface area contributed by atoms with Gasteiger partial charge in [-0.25, -0.2) is 0 Å². The van der Waals surface area contributed by atoms with Crippen molar-refractivity contribution in [3.8, 4) is 0 Å². The minimum atomic E-state index is -1.97. The molecule has 0 aromatic heterocycles. The van der Waals surface area contributed by atoms with Gasteiger partial charge in [0.15, 0.2) is 18.9 Å². The first kappa shape index (κ1) is 97.7. The van der Waals surface area contributed by atoms with Crippen LogP contribution in [0.25, 0.3) is 0 Å². The number of ether oxygens (including phenoxy) is 6. The smallest absolute Gasteiger partial charge is 0.220 e. The molecular formula is C87H159NO18. The number of rotatable bonds is 70. The molecule has 620 valence electrons. The van der Waals surface area contributed by atoms with Gasteiger partial charge in [0.2, 0.25) is 5.91 Å². The third kappa shape index (κ3) is 45.9. The van der Waals surface area contributed by atoms with Gasteiger partial charge < -0.3 is 89.9 Å². The molecule has 3 saturated heterocycles.